The number of rotatable bonds is 8. The molecule has 0 aromatic rings. The first-order valence-electron chi connectivity index (χ1n) is 5.98. The molecule has 0 aliphatic heterocycles. The van der Waals surface area contributed by atoms with E-state index in [4.69, 9.17) is 4.43 Å². The van der Waals surface area contributed by atoms with Crippen LogP contribution in [0.2, 0.25) is 38.8 Å². The molecule has 0 atom stereocenters. The summed E-state index contributed by atoms with van der Waals surface area (Å²) in [6.07, 6.45) is 1.34. The standard InChI is InChI=1S/C11H28OSSi2/c1-7-12-15(5,6)10-8-9-13-11-14(2,3)4/h7-11H2,1-6H3. The van der Waals surface area contributed by atoms with E-state index in [1.54, 1.807) is 0 Å². The first kappa shape index (κ1) is 15.7. The molecule has 15 heavy (non-hydrogen) atoms. The Bertz CT molecular complexity index is 166. The van der Waals surface area contributed by atoms with E-state index in [1.165, 1.54) is 23.6 Å². The summed E-state index contributed by atoms with van der Waals surface area (Å²) in [5.41, 5.74) is 0. The third-order valence-electron chi connectivity index (χ3n) is 2.14. The normalized spacial score (nSPS) is 13.2. The van der Waals surface area contributed by atoms with Gasteiger partial charge in [0.15, 0.2) is 8.32 Å². The van der Waals surface area contributed by atoms with Crippen molar-refractivity contribution in [2.45, 2.75) is 52.1 Å². The van der Waals surface area contributed by atoms with Crippen molar-refractivity contribution in [1.29, 1.82) is 0 Å². The second-order valence-electron chi connectivity index (χ2n) is 5.91. The van der Waals surface area contributed by atoms with Crippen molar-refractivity contribution in [3.63, 3.8) is 0 Å². The van der Waals surface area contributed by atoms with Crippen LogP contribution < -0.4 is 0 Å². The smallest absolute Gasteiger partial charge is 0.186 e. The van der Waals surface area contributed by atoms with Crippen molar-refractivity contribution in [3.05, 3.63) is 0 Å². The molecule has 0 aliphatic carbocycles. The molecule has 0 radical (unpaired) electrons. The molecule has 1 nitrogen and oxygen atoms in total. The minimum absolute atomic E-state index is 0.825. The lowest BCUT2D eigenvalue weighted by molar-refractivity contribution is 0.328. The summed E-state index contributed by atoms with van der Waals surface area (Å²) >= 11 is 2.15. The van der Waals surface area contributed by atoms with Crippen molar-refractivity contribution in [1.82, 2.24) is 0 Å². The lowest BCUT2D eigenvalue weighted by Crippen LogP contribution is -2.30. The molecule has 92 valence electrons. The van der Waals surface area contributed by atoms with E-state index in [1.807, 2.05) is 0 Å². The Morgan fingerprint density at radius 1 is 1.07 bits per heavy atom. The Labute approximate surface area is 103 Å². The van der Waals surface area contributed by atoms with Gasteiger partial charge in [0.25, 0.3) is 0 Å². The van der Waals surface area contributed by atoms with E-state index in [-0.39, 0.29) is 0 Å². The summed E-state index contributed by atoms with van der Waals surface area (Å²) in [5.74, 6) is 1.33. The zero-order valence-electron chi connectivity index (χ0n) is 11.4. The summed E-state index contributed by atoms with van der Waals surface area (Å²) in [4.78, 5) is 0. The summed E-state index contributed by atoms with van der Waals surface area (Å²) in [6.45, 7) is 15.0. The van der Waals surface area contributed by atoms with Crippen molar-refractivity contribution < 1.29 is 4.43 Å². The Hall–Kier alpha value is 0.744. The molecule has 0 heterocycles. The summed E-state index contributed by atoms with van der Waals surface area (Å²) < 4.78 is 5.82. The fourth-order valence-corrected chi connectivity index (χ4v) is 7.03. The van der Waals surface area contributed by atoms with Gasteiger partial charge in [0.2, 0.25) is 0 Å². The maximum Gasteiger partial charge on any atom is 0.186 e. The zero-order chi connectivity index (χ0) is 11.9. The quantitative estimate of drug-likeness (QED) is 0.479. The van der Waals surface area contributed by atoms with Crippen molar-refractivity contribution in [3.8, 4) is 0 Å². The molecule has 0 saturated carbocycles. The molecule has 0 N–H and O–H groups in total. The third kappa shape index (κ3) is 11.0. The van der Waals surface area contributed by atoms with Gasteiger partial charge in [-0.1, -0.05) is 19.6 Å². The van der Waals surface area contributed by atoms with Gasteiger partial charge >= 0.3 is 0 Å². The molecule has 0 spiro atoms. The molecule has 0 bridgehead atoms. The van der Waals surface area contributed by atoms with Crippen LogP contribution in [0.15, 0.2) is 0 Å². The van der Waals surface area contributed by atoms with E-state index in [0.29, 0.717) is 0 Å². The van der Waals surface area contributed by atoms with Crippen molar-refractivity contribution in [2.24, 2.45) is 0 Å². The molecule has 0 fully saturated rings. The van der Waals surface area contributed by atoms with Crippen LogP contribution in [0.1, 0.15) is 13.3 Å². The molecule has 0 aromatic heterocycles. The topological polar surface area (TPSA) is 9.23 Å². The molecule has 4 heteroatoms. The fraction of sp³-hybridized carbons (Fsp3) is 1.00. The fourth-order valence-electron chi connectivity index (χ4n) is 1.44. The van der Waals surface area contributed by atoms with Crippen molar-refractivity contribution >= 4 is 28.2 Å². The SMILES string of the molecule is CCO[Si](C)(C)CCCSC[Si](C)(C)C. The summed E-state index contributed by atoms with van der Waals surface area (Å²) in [7, 11) is -2.13. The van der Waals surface area contributed by atoms with Gasteiger partial charge in [0, 0.05) is 6.61 Å². The third-order valence-corrected chi connectivity index (χ3v) is 9.62. The molecule has 0 amide bonds. The monoisotopic (exact) mass is 264 g/mol. The van der Waals surface area contributed by atoms with E-state index in [2.05, 4.69) is 51.4 Å². The van der Waals surface area contributed by atoms with Gasteiger partial charge in [0.1, 0.15) is 0 Å². The molecule has 0 saturated heterocycles. The lowest BCUT2D eigenvalue weighted by Gasteiger charge is -2.22. The number of hydrogen-bond donors (Lipinski definition) is 0. The van der Waals surface area contributed by atoms with Crippen LogP contribution in [-0.2, 0) is 4.43 Å². The van der Waals surface area contributed by atoms with Gasteiger partial charge in [-0.2, -0.15) is 11.8 Å². The Balaban J connectivity index is 3.46. The molecular formula is C11H28OSSi2. The van der Waals surface area contributed by atoms with Crippen LogP contribution in [-0.4, -0.2) is 34.1 Å². The predicted octanol–water partition coefficient (Wildman–Crippen LogP) is 4.23. The van der Waals surface area contributed by atoms with Gasteiger partial charge in [-0.05, 0) is 43.6 Å². The first-order valence-corrected chi connectivity index (χ1v) is 14.0. The minimum atomic E-state index is -1.30. The van der Waals surface area contributed by atoms with Gasteiger partial charge < -0.3 is 4.43 Å². The van der Waals surface area contributed by atoms with Gasteiger partial charge in [-0.25, -0.2) is 0 Å². The summed E-state index contributed by atoms with van der Waals surface area (Å²) in [6, 6.07) is 1.32. The summed E-state index contributed by atoms with van der Waals surface area (Å²) in [5, 5.41) is 1.41. The maximum absolute atomic E-state index is 5.82. The first-order chi connectivity index (χ1) is 6.77. The zero-order valence-corrected chi connectivity index (χ0v) is 14.2. The molecule has 0 aliphatic rings. The van der Waals surface area contributed by atoms with Gasteiger partial charge in [-0.3, -0.25) is 0 Å². The van der Waals surface area contributed by atoms with Crippen LogP contribution in [0.4, 0.5) is 0 Å². The van der Waals surface area contributed by atoms with Gasteiger partial charge in [-0.15, -0.1) is 0 Å². The largest absolute Gasteiger partial charge is 0.418 e. The maximum atomic E-state index is 5.82. The van der Waals surface area contributed by atoms with E-state index in [9.17, 15) is 0 Å². The molecule has 0 aromatic carbocycles. The Morgan fingerprint density at radius 2 is 1.67 bits per heavy atom. The number of hydrogen-bond acceptors (Lipinski definition) is 2. The van der Waals surface area contributed by atoms with E-state index < -0.39 is 16.4 Å². The minimum Gasteiger partial charge on any atom is -0.418 e. The molecular weight excluding hydrogens is 236 g/mol. The van der Waals surface area contributed by atoms with E-state index >= 15 is 0 Å². The molecule has 0 unspecified atom stereocenters. The van der Waals surface area contributed by atoms with Crippen LogP contribution in [0.3, 0.4) is 0 Å². The Kier molecular flexibility index (Phi) is 7.50. The Morgan fingerprint density at radius 3 is 2.13 bits per heavy atom. The van der Waals surface area contributed by atoms with Crippen molar-refractivity contribution in [2.75, 3.05) is 17.7 Å². The second kappa shape index (κ2) is 7.14. The predicted molar refractivity (Wildman–Crippen MR) is 79.2 cm³/mol. The second-order valence-corrected chi connectivity index (χ2v) is 17.3. The average Bonchev–Trinajstić information content (AvgIpc) is 2.00. The highest BCUT2D eigenvalue weighted by molar-refractivity contribution is 8.00. The number of thioether (sulfide) groups is 1. The van der Waals surface area contributed by atoms with Crippen LogP contribution >= 0.6 is 11.8 Å². The highest BCUT2D eigenvalue weighted by atomic mass is 32.2. The van der Waals surface area contributed by atoms with Crippen LogP contribution in [0.25, 0.3) is 0 Å². The van der Waals surface area contributed by atoms with Gasteiger partial charge in [0.05, 0.1) is 8.07 Å². The molecule has 0 rings (SSSR count). The van der Waals surface area contributed by atoms with Crippen LogP contribution in [0, 0.1) is 0 Å². The highest BCUT2D eigenvalue weighted by Gasteiger charge is 2.21. The van der Waals surface area contributed by atoms with E-state index in [0.717, 1.165) is 6.61 Å². The van der Waals surface area contributed by atoms with Crippen LogP contribution in [0.5, 0.6) is 0 Å². The lowest BCUT2D eigenvalue weighted by atomic mass is 10.6. The highest BCUT2D eigenvalue weighted by Crippen LogP contribution is 2.18. The average molecular weight is 265 g/mol.